The number of hydrogen-bond acceptors (Lipinski definition) is 3. The number of benzene rings is 1. The molecule has 0 fully saturated rings. The lowest BCUT2D eigenvalue weighted by atomic mass is 9.97. The molecule has 0 radical (unpaired) electrons. The first kappa shape index (κ1) is 21.7. The standard InChI is InChI=1S/C20H17F6N3O/c1-9-5-11(18(25)26)3-4-15(9)27-20-28-19(30)14(22)8-29(20)7-12-6-13(21)17(24)16(23)10(12)2/h5-6,8,18H,3-4,7H2,1-2H3,(H,27,28,30). The van der Waals surface area contributed by atoms with Gasteiger partial charge in [0, 0.05) is 11.9 Å². The predicted molar refractivity (Wildman–Crippen MR) is 98.3 cm³/mol. The van der Waals surface area contributed by atoms with Crippen molar-refractivity contribution in [1.82, 2.24) is 9.55 Å². The molecular formula is C20H17F6N3O. The second kappa shape index (κ2) is 8.37. The molecule has 1 heterocycles. The van der Waals surface area contributed by atoms with E-state index >= 15 is 0 Å². The number of nitrogens with zero attached hydrogens (tertiary/aromatic N) is 2. The molecule has 10 heteroatoms. The van der Waals surface area contributed by atoms with Gasteiger partial charge < -0.3 is 9.88 Å². The van der Waals surface area contributed by atoms with Gasteiger partial charge in [0.05, 0.1) is 6.54 Å². The molecule has 0 bridgehead atoms. The van der Waals surface area contributed by atoms with Gasteiger partial charge >= 0.3 is 5.56 Å². The smallest absolute Gasteiger partial charge is 0.310 e. The van der Waals surface area contributed by atoms with Crippen molar-refractivity contribution in [2.45, 2.75) is 39.7 Å². The van der Waals surface area contributed by atoms with Crippen molar-refractivity contribution in [3.8, 4) is 0 Å². The van der Waals surface area contributed by atoms with E-state index in [1.807, 2.05) is 0 Å². The molecular weight excluding hydrogens is 412 g/mol. The summed E-state index contributed by atoms with van der Waals surface area (Å²) in [5.74, 6) is -5.75. The highest BCUT2D eigenvalue weighted by molar-refractivity contribution is 5.44. The second-order valence-corrected chi connectivity index (χ2v) is 6.92. The number of anilines is 1. The molecule has 0 saturated heterocycles. The Hall–Kier alpha value is -3.04. The molecule has 1 aliphatic rings. The molecule has 1 aromatic heterocycles. The quantitative estimate of drug-likeness (QED) is 0.547. The molecule has 0 spiro atoms. The number of halogens is 6. The summed E-state index contributed by atoms with van der Waals surface area (Å²) in [7, 11) is 0. The third-order valence-electron chi connectivity index (χ3n) is 4.89. The predicted octanol–water partition coefficient (Wildman–Crippen LogP) is 4.83. The van der Waals surface area contributed by atoms with Gasteiger partial charge in [-0.1, -0.05) is 6.08 Å². The van der Waals surface area contributed by atoms with Gasteiger partial charge in [-0.15, -0.1) is 0 Å². The first-order chi connectivity index (χ1) is 14.1. The van der Waals surface area contributed by atoms with Crippen LogP contribution in [0.4, 0.5) is 32.3 Å². The van der Waals surface area contributed by atoms with Gasteiger partial charge in [-0.25, -0.2) is 22.0 Å². The Bertz CT molecular complexity index is 1120. The van der Waals surface area contributed by atoms with E-state index in [2.05, 4.69) is 10.3 Å². The van der Waals surface area contributed by atoms with Crippen LogP contribution in [0.3, 0.4) is 0 Å². The van der Waals surface area contributed by atoms with E-state index in [1.54, 1.807) is 6.92 Å². The second-order valence-electron chi connectivity index (χ2n) is 6.92. The highest BCUT2D eigenvalue weighted by Gasteiger charge is 2.20. The van der Waals surface area contributed by atoms with Crippen LogP contribution in [0.2, 0.25) is 0 Å². The van der Waals surface area contributed by atoms with Gasteiger partial charge in [-0.05, 0) is 55.0 Å². The van der Waals surface area contributed by atoms with Crippen molar-refractivity contribution in [2.75, 3.05) is 5.32 Å². The van der Waals surface area contributed by atoms with Crippen molar-refractivity contribution < 1.29 is 26.3 Å². The SMILES string of the molecule is CC1=C(Nc2nc(=O)c(F)cn2Cc2cc(F)c(F)c(F)c2C)CCC(C(F)F)=C1. The fourth-order valence-electron chi connectivity index (χ4n) is 3.14. The van der Waals surface area contributed by atoms with E-state index in [0.717, 1.165) is 16.8 Å². The van der Waals surface area contributed by atoms with E-state index in [0.29, 0.717) is 11.3 Å². The fourth-order valence-corrected chi connectivity index (χ4v) is 3.14. The Kier molecular flexibility index (Phi) is 6.04. The summed E-state index contributed by atoms with van der Waals surface area (Å²) in [5, 5.41) is 2.82. The van der Waals surface area contributed by atoms with Crippen molar-refractivity contribution in [3.63, 3.8) is 0 Å². The number of rotatable bonds is 5. The largest absolute Gasteiger partial charge is 0.329 e. The third kappa shape index (κ3) is 4.27. The molecule has 3 rings (SSSR count). The lowest BCUT2D eigenvalue weighted by Gasteiger charge is -2.21. The van der Waals surface area contributed by atoms with E-state index in [-0.39, 0.29) is 42.0 Å². The summed E-state index contributed by atoms with van der Waals surface area (Å²) in [6.07, 6.45) is -0.188. The number of aromatic nitrogens is 2. The molecule has 160 valence electrons. The van der Waals surface area contributed by atoms with Crippen molar-refractivity contribution in [2.24, 2.45) is 0 Å². The first-order valence-corrected chi connectivity index (χ1v) is 8.93. The van der Waals surface area contributed by atoms with Crippen molar-refractivity contribution in [3.05, 3.63) is 79.9 Å². The third-order valence-corrected chi connectivity index (χ3v) is 4.89. The van der Waals surface area contributed by atoms with Crippen molar-refractivity contribution >= 4 is 5.95 Å². The van der Waals surface area contributed by atoms with Crippen LogP contribution in [-0.4, -0.2) is 16.0 Å². The Morgan fingerprint density at radius 3 is 2.43 bits per heavy atom. The number of hydrogen-bond donors (Lipinski definition) is 1. The lowest BCUT2D eigenvalue weighted by molar-refractivity contribution is 0.184. The Balaban J connectivity index is 2.01. The van der Waals surface area contributed by atoms with Gasteiger partial charge in [0.1, 0.15) is 0 Å². The van der Waals surface area contributed by atoms with Crippen molar-refractivity contribution in [1.29, 1.82) is 0 Å². The van der Waals surface area contributed by atoms with Gasteiger partial charge in [-0.2, -0.15) is 9.37 Å². The first-order valence-electron chi connectivity index (χ1n) is 8.93. The van der Waals surface area contributed by atoms with Crippen LogP contribution in [0.25, 0.3) is 0 Å². The molecule has 0 aliphatic heterocycles. The minimum Gasteiger partial charge on any atom is -0.329 e. The summed E-state index contributed by atoms with van der Waals surface area (Å²) < 4.78 is 81.6. The highest BCUT2D eigenvalue weighted by Crippen LogP contribution is 2.28. The maximum Gasteiger partial charge on any atom is 0.310 e. The molecule has 0 amide bonds. The Morgan fingerprint density at radius 1 is 1.10 bits per heavy atom. The summed E-state index contributed by atoms with van der Waals surface area (Å²) in [4.78, 5) is 15.3. The van der Waals surface area contributed by atoms with Gasteiger partial charge in [0.2, 0.25) is 11.8 Å². The average molecular weight is 429 g/mol. The zero-order valence-electron chi connectivity index (χ0n) is 16.0. The molecule has 0 unspecified atom stereocenters. The molecule has 0 atom stereocenters. The minimum atomic E-state index is -2.59. The van der Waals surface area contributed by atoms with Crippen LogP contribution in [0, 0.1) is 30.2 Å². The van der Waals surface area contributed by atoms with Gasteiger partial charge in [0.25, 0.3) is 6.43 Å². The van der Waals surface area contributed by atoms with E-state index in [9.17, 15) is 31.1 Å². The van der Waals surface area contributed by atoms with Gasteiger partial charge in [0.15, 0.2) is 17.5 Å². The summed E-state index contributed by atoms with van der Waals surface area (Å²) in [5.41, 5.74) is -0.406. The fraction of sp³-hybridized carbons (Fsp3) is 0.300. The maximum atomic E-state index is 13.9. The van der Waals surface area contributed by atoms with E-state index in [1.165, 1.54) is 13.0 Å². The zero-order chi connectivity index (χ0) is 22.2. The number of allylic oxidation sites excluding steroid dienone is 4. The molecule has 1 N–H and O–H groups in total. The van der Waals surface area contributed by atoms with Crippen LogP contribution in [0.5, 0.6) is 0 Å². The number of alkyl halides is 2. The molecule has 0 saturated carbocycles. The zero-order valence-corrected chi connectivity index (χ0v) is 16.0. The van der Waals surface area contributed by atoms with Crippen LogP contribution in [0.1, 0.15) is 30.9 Å². The molecule has 1 aromatic carbocycles. The molecule has 4 nitrogen and oxygen atoms in total. The summed E-state index contributed by atoms with van der Waals surface area (Å²) in [6, 6.07) is 0.774. The maximum absolute atomic E-state index is 13.9. The number of nitrogens with one attached hydrogen (secondary N) is 1. The Morgan fingerprint density at radius 2 is 1.80 bits per heavy atom. The highest BCUT2D eigenvalue weighted by atomic mass is 19.3. The monoisotopic (exact) mass is 429 g/mol. The van der Waals surface area contributed by atoms with Crippen LogP contribution in [-0.2, 0) is 6.54 Å². The minimum absolute atomic E-state index is 0.00790. The van der Waals surface area contributed by atoms with E-state index in [4.69, 9.17) is 0 Å². The van der Waals surface area contributed by atoms with E-state index < -0.39 is 35.3 Å². The van der Waals surface area contributed by atoms with Gasteiger partial charge in [-0.3, -0.25) is 4.79 Å². The topological polar surface area (TPSA) is 46.9 Å². The molecule has 2 aromatic rings. The summed E-state index contributed by atoms with van der Waals surface area (Å²) in [6.45, 7) is 2.50. The summed E-state index contributed by atoms with van der Waals surface area (Å²) >= 11 is 0. The van der Waals surface area contributed by atoms with Crippen LogP contribution in [0.15, 0.2) is 40.0 Å². The molecule has 1 aliphatic carbocycles. The van der Waals surface area contributed by atoms with Crippen LogP contribution < -0.4 is 10.9 Å². The normalized spacial score (nSPS) is 14.4. The van der Waals surface area contributed by atoms with Crippen LogP contribution >= 0.6 is 0 Å². The average Bonchev–Trinajstić information content (AvgIpc) is 2.69. The lowest BCUT2D eigenvalue weighted by Crippen LogP contribution is -2.22. The molecule has 30 heavy (non-hydrogen) atoms. The Labute approximate surface area is 167 Å².